The fraction of sp³-hybridized carbons (Fsp3) is 0.312. The number of para-hydroxylation sites is 1. The summed E-state index contributed by atoms with van der Waals surface area (Å²) in [5.41, 5.74) is 0.828. The van der Waals surface area contributed by atoms with Crippen molar-refractivity contribution < 1.29 is 4.79 Å². The fourth-order valence-electron chi connectivity index (χ4n) is 2.09. The monoisotopic (exact) mass is 395 g/mol. The number of carbonyl (C=O) groups is 1. The third-order valence-corrected chi connectivity index (χ3v) is 5.24. The molecule has 0 aliphatic heterocycles. The molecule has 9 heteroatoms. The highest BCUT2D eigenvalue weighted by molar-refractivity contribution is 7.98. The number of carbonyl (C=O) groups excluding carboxylic acids is 1. The highest BCUT2D eigenvalue weighted by Gasteiger charge is 2.11. The van der Waals surface area contributed by atoms with Crippen LogP contribution in [0.4, 0.5) is 10.8 Å². The minimum atomic E-state index is -0.0734. The van der Waals surface area contributed by atoms with Crippen molar-refractivity contribution in [2.75, 3.05) is 37.0 Å². The van der Waals surface area contributed by atoms with E-state index in [0.29, 0.717) is 17.2 Å². The van der Waals surface area contributed by atoms with Gasteiger partial charge >= 0.3 is 0 Å². The van der Waals surface area contributed by atoms with E-state index in [1.54, 1.807) is 22.5 Å². The first-order valence-corrected chi connectivity index (χ1v) is 10.0. The van der Waals surface area contributed by atoms with Crippen molar-refractivity contribution in [3.63, 3.8) is 0 Å². The van der Waals surface area contributed by atoms with Gasteiger partial charge in [-0.2, -0.15) is 0 Å². The zero-order valence-corrected chi connectivity index (χ0v) is 16.6. The quantitative estimate of drug-likeness (QED) is 0.385. The Kier molecular flexibility index (Phi) is 7.63. The lowest BCUT2D eigenvalue weighted by atomic mass is 10.3. The van der Waals surface area contributed by atoms with E-state index in [0.717, 1.165) is 15.7 Å². The maximum atomic E-state index is 12.3. The SMILES string of the molecule is C=CCNc1nn(CN(C)CC(=O)Nc2ccccc2SC)c(=S)s1. The summed E-state index contributed by atoms with van der Waals surface area (Å²) in [5.74, 6) is -0.0734. The van der Waals surface area contributed by atoms with Crippen molar-refractivity contribution in [1.82, 2.24) is 14.7 Å². The number of benzene rings is 1. The van der Waals surface area contributed by atoms with Gasteiger partial charge in [0.05, 0.1) is 18.9 Å². The number of anilines is 2. The Morgan fingerprint density at radius 1 is 1.52 bits per heavy atom. The van der Waals surface area contributed by atoms with Crippen LogP contribution in [-0.2, 0) is 11.5 Å². The van der Waals surface area contributed by atoms with Gasteiger partial charge in [0.15, 0.2) is 3.95 Å². The molecule has 25 heavy (non-hydrogen) atoms. The number of likely N-dealkylation sites (N-methyl/N-ethyl adjacent to an activating group) is 1. The second-order valence-corrected chi connectivity index (χ2v) is 7.72. The Morgan fingerprint density at radius 3 is 3.00 bits per heavy atom. The summed E-state index contributed by atoms with van der Waals surface area (Å²) in [6, 6.07) is 7.75. The first-order chi connectivity index (χ1) is 12.0. The average molecular weight is 396 g/mol. The van der Waals surface area contributed by atoms with Crippen molar-refractivity contribution in [1.29, 1.82) is 0 Å². The van der Waals surface area contributed by atoms with E-state index in [9.17, 15) is 4.79 Å². The number of rotatable bonds is 9. The van der Waals surface area contributed by atoms with E-state index in [4.69, 9.17) is 12.2 Å². The Bertz CT molecular complexity index is 786. The molecule has 0 saturated carbocycles. The molecule has 0 bridgehead atoms. The third kappa shape index (κ3) is 5.96. The van der Waals surface area contributed by atoms with Crippen molar-refractivity contribution in [3.05, 3.63) is 40.9 Å². The molecule has 1 aromatic carbocycles. The molecule has 0 unspecified atom stereocenters. The Labute approximate surface area is 160 Å². The molecular weight excluding hydrogens is 374 g/mol. The van der Waals surface area contributed by atoms with Crippen LogP contribution in [-0.4, -0.2) is 47.0 Å². The van der Waals surface area contributed by atoms with Crippen molar-refractivity contribution >= 4 is 52.0 Å². The van der Waals surface area contributed by atoms with Gasteiger partial charge in [-0.15, -0.1) is 23.4 Å². The second-order valence-electron chi connectivity index (χ2n) is 5.25. The van der Waals surface area contributed by atoms with E-state index in [2.05, 4.69) is 22.3 Å². The Balaban J connectivity index is 1.92. The Morgan fingerprint density at radius 2 is 2.28 bits per heavy atom. The molecule has 2 rings (SSSR count). The first kappa shape index (κ1) is 19.6. The van der Waals surface area contributed by atoms with Gasteiger partial charge in [-0.3, -0.25) is 9.69 Å². The van der Waals surface area contributed by atoms with E-state index in [1.165, 1.54) is 11.3 Å². The standard InChI is InChI=1S/C16H21N5OS3/c1-4-9-17-15-19-21(16(23)25-15)11-20(2)10-14(22)18-12-7-5-6-8-13(12)24-3/h4-8H,1,9-11H2,2-3H3,(H,17,19)(H,18,22). The topological polar surface area (TPSA) is 62.2 Å². The third-order valence-electron chi connectivity index (χ3n) is 3.17. The fourth-order valence-corrected chi connectivity index (χ4v) is 3.64. The number of hydrogen-bond donors (Lipinski definition) is 2. The number of amides is 1. The number of aromatic nitrogens is 2. The Hall–Kier alpha value is -1.68. The van der Waals surface area contributed by atoms with Gasteiger partial charge in [0.2, 0.25) is 11.0 Å². The highest BCUT2D eigenvalue weighted by atomic mass is 32.2. The summed E-state index contributed by atoms with van der Waals surface area (Å²) in [6.07, 6.45) is 3.75. The molecule has 134 valence electrons. The van der Waals surface area contributed by atoms with Crippen LogP contribution >= 0.6 is 35.3 Å². The van der Waals surface area contributed by atoms with E-state index >= 15 is 0 Å². The molecule has 0 radical (unpaired) electrons. The largest absolute Gasteiger partial charge is 0.357 e. The molecule has 6 nitrogen and oxygen atoms in total. The van der Waals surface area contributed by atoms with Gasteiger partial charge in [0.1, 0.15) is 0 Å². The molecule has 0 saturated heterocycles. The van der Waals surface area contributed by atoms with Gasteiger partial charge in [-0.1, -0.05) is 29.5 Å². The minimum absolute atomic E-state index is 0.0734. The lowest BCUT2D eigenvalue weighted by Gasteiger charge is -2.16. The maximum absolute atomic E-state index is 12.3. The summed E-state index contributed by atoms with van der Waals surface area (Å²) in [5, 5.41) is 11.2. The van der Waals surface area contributed by atoms with Crippen LogP contribution in [0.2, 0.25) is 0 Å². The van der Waals surface area contributed by atoms with Crippen LogP contribution < -0.4 is 10.6 Å². The van der Waals surface area contributed by atoms with Gasteiger partial charge in [-0.25, -0.2) is 4.68 Å². The average Bonchev–Trinajstić information content (AvgIpc) is 2.92. The van der Waals surface area contributed by atoms with Gasteiger partial charge < -0.3 is 10.6 Å². The smallest absolute Gasteiger partial charge is 0.238 e. The van der Waals surface area contributed by atoms with Crippen LogP contribution in [0.1, 0.15) is 0 Å². The highest BCUT2D eigenvalue weighted by Crippen LogP contribution is 2.24. The zero-order valence-electron chi connectivity index (χ0n) is 14.2. The van der Waals surface area contributed by atoms with Gasteiger partial charge in [-0.05, 0) is 37.7 Å². The minimum Gasteiger partial charge on any atom is -0.357 e. The van der Waals surface area contributed by atoms with Crippen molar-refractivity contribution in [2.45, 2.75) is 11.6 Å². The van der Waals surface area contributed by atoms with Gasteiger partial charge in [0, 0.05) is 11.4 Å². The van der Waals surface area contributed by atoms with E-state index < -0.39 is 0 Å². The molecule has 0 atom stereocenters. The molecule has 2 aromatic rings. The molecular formula is C16H21N5OS3. The lowest BCUT2D eigenvalue weighted by molar-refractivity contribution is -0.117. The predicted octanol–water partition coefficient (Wildman–Crippen LogP) is 3.52. The van der Waals surface area contributed by atoms with Crippen LogP contribution in [0, 0.1) is 3.95 Å². The first-order valence-electron chi connectivity index (χ1n) is 7.57. The summed E-state index contributed by atoms with van der Waals surface area (Å²) in [6.45, 7) is 4.99. The summed E-state index contributed by atoms with van der Waals surface area (Å²) in [4.78, 5) is 15.2. The second kappa shape index (κ2) is 9.71. The molecule has 0 fully saturated rings. The molecule has 1 heterocycles. The summed E-state index contributed by atoms with van der Waals surface area (Å²) in [7, 11) is 1.86. The van der Waals surface area contributed by atoms with Crippen molar-refractivity contribution in [3.8, 4) is 0 Å². The number of hydrogen-bond acceptors (Lipinski definition) is 7. The lowest BCUT2D eigenvalue weighted by Crippen LogP contribution is -2.32. The number of nitrogens with zero attached hydrogens (tertiary/aromatic N) is 3. The number of thioether (sulfide) groups is 1. The molecule has 0 aliphatic carbocycles. The maximum Gasteiger partial charge on any atom is 0.238 e. The number of nitrogens with one attached hydrogen (secondary N) is 2. The van der Waals surface area contributed by atoms with Crippen molar-refractivity contribution in [2.24, 2.45) is 0 Å². The summed E-state index contributed by atoms with van der Waals surface area (Å²) < 4.78 is 2.36. The molecule has 2 N–H and O–H groups in total. The summed E-state index contributed by atoms with van der Waals surface area (Å²) >= 11 is 8.32. The van der Waals surface area contributed by atoms with Crippen LogP contribution in [0.25, 0.3) is 0 Å². The molecule has 1 aromatic heterocycles. The van der Waals surface area contributed by atoms with Crippen LogP contribution in [0.5, 0.6) is 0 Å². The van der Waals surface area contributed by atoms with E-state index in [1.807, 2.05) is 42.5 Å². The molecule has 0 aliphatic rings. The van der Waals surface area contributed by atoms with Gasteiger partial charge in [0.25, 0.3) is 0 Å². The van der Waals surface area contributed by atoms with Crippen LogP contribution in [0.3, 0.4) is 0 Å². The zero-order chi connectivity index (χ0) is 18.2. The van der Waals surface area contributed by atoms with Crippen LogP contribution in [0.15, 0.2) is 41.8 Å². The predicted molar refractivity (Wildman–Crippen MR) is 109 cm³/mol. The molecule has 0 spiro atoms. The van der Waals surface area contributed by atoms with E-state index in [-0.39, 0.29) is 12.5 Å². The molecule has 1 amide bonds. The normalized spacial score (nSPS) is 10.7.